The number of aliphatic hydroxyl groups excluding tert-OH is 1. The van der Waals surface area contributed by atoms with Gasteiger partial charge in [0.25, 0.3) is 0 Å². The maximum Gasteiger partial charge on any atom is 0.133 e. The van der Waals surface area contributed by atoms with Crippen molar-refractivity contribution < 1.29 is 9.84 Å². The van der Waals surface area contributed by atoms with Crippen LogP contribution in [0.3, 0.4) is 0 Å². The van der Waals surface area contributed by atoms with Crippen LogP contribution in [0, 0.1) is 0 Å². The van der Waals surface area contributed by atoms with Gasteiger partial charge in [-0.05, 0) is 35.9 Å². The molecule has 100 valence electrons. The third-order valence-electron chi connectivity index (χ3n) is 3.32. The number of rotatable bonds is 3. The highest BCUT2D eigenvalue weighted by Crippen LogP contribution is 2.30. The van der Waals surface area contributed by atoms with E-state index in [2.05, 4.69) is 12.1 Å². The van der Waals surface area contributed by atoms with Gasteiger partial charge < -0.3 is 9.84 Å². The summed E-state index contributed by atoms with van der Waals surface area (Å²) in [6.07, 6.45) is -0.549. The van der Waals surface area contributed by atoms with E-state index in [1.54, 1.807) is 6.92 Å². The van der Waals surface area contributed by atoms with Gasteiger partial charge in [-0.1, -0.05) is 48.5 Å². The van der Waals surface area contributed by atoms with Crippen molar-refractivity contribution in [1.29, 1.82) is 0 Å². The molecule has 0 aliphatic rings. The highest BCUT2D eigenvalue weighted by Gasteiger charge is 2.09. The third-order valence-corrected chi connectivity index (χ3v) is 3.32. The minimum absolute atomic E-state index is 0.549. The lowest BCUT2D eigenvalue weighted by Crippen LogP contribution is -1.95. The monoisotopic (exact) mass is 264 g/mol. The first-order chi connectivity index (χ1) is 9.74. The molecule has 0 fully saturated rings. The molecule has 0 heterocycles. The molecule has 20 heavy (non-hydrogen) atoms. The minimum Gasteiger partial charge on any atom is -0.457 e. The third kappa shape index (κ3) is 2.51. The SMILES string of the molecule is C[C@@H](O)c1ccccc1Oc1ccc2ccccc2c1. The van der Waals surface area contributed by atoms with E-state index in [1.165, 1.54) is 5.39 Å². The van der Waals surface area contributed by atoms with E-state index in [1.807, 2.05) is 54.6 Å². The molecule has 0 aromatic heterocycles. The Morgan fingerprint density at radius 3 is 2.35 bits per heavy atom. The molecule has 2 nitrogen and oxygen atoms in total. The first-order valence-electron chi connectivity index (χ1n) is 6.68. The topological polar surface area (TPSA) is 29.5 Å². The fourth-order valence-electron chi connectivity index (χ4n) is 2.28. The van der Waals surface area contributed by atoms with Crippen molar-refractivity contribution in [1.82, 2.24) is 0 Å². The summed E-state index contributed by atoms with van der Waals surface area (Å²) in [5.74, 6) is 1.47. The number of aliphatic hydroxyl groups is 1. The van der Waals surface area contributed by atoms with Crippen molar-refractivity contribution in [2.45, 2.75) is 13.0 Å². The van der Waals surface area contributed by atoms with Gasteiger partial charge in [-0.3, -0.25) is 0 Å². The van der Waals surface area contributed by atoms with Crippen LogP contribution in [-0.4, -0.2) is 5.11 Å². The first kappa shape index (κ1) is 12.7. The number of hydrogen-bond donors (Lipinski definition) is 1. The van der Waals surface area contributed by atoms with E-state index >= 15 is 0 Å². The molecule has 1 N–H and O–H groups in total. The van der Waals surface area contributed by atoms with Crippen molar-refractivity contribution in [3.63, 3.8) is 0 Å². The molecule has 0 radical (unpaired) electrons. The highest BCUT2D eigenvalue weighted by molar-refractivity contribution is 5.83. The van der Waals surface area contributed by atoms with Crippen molar-refractivity contribution >= 4 is 10.8 Å². The Morgan fingerprint density at radius 2 is 1.55 bits per heavy atom. The summed E-state index contributed by atoms with van der Waals surface area (Å²) in [4.78, 5) is 0. The summed E-state index contributed by atoms with van der Waals surface area (Å²) in [7, 11) is 0. The van der Waals surface area contributed by atoms with Crippen molar-refractivity contribution in [3.8, 4) is 11.5 Å². The van der Waals surface area contributed by atoms with Crippen LogP contribution in [0.5, 0.6) is 11.5 Å². The molecule has 3 rings (SSSR count). The fourth-order valence-corrected chi connectivity index (χ4v) is 2.28. The zero-order valence-corrected chi connectivity index (χ0v) is 11.3. The van der Waals surface area contributed by atoms with E-state index in [-0.39, 0.29) is 0 Å². The van der Waals surface area contributed by atoms with Crippen molar-refractivity contribution in [2.24, 2.45) is 0 Å². The lowest BCUT2D eigenvalue weighted by Gasteiger charge is -2.13. The van der Waals surface area contributed by atoms with E-state index in [0.29, 0.717) is 5.75 Å². The average molecular weight is 264 g/mol. The predicted molar refractivity (Wildman–Crippen MR) is 81.1 cm³/mol. The molecular formula is C18H16O2. The van der Waals surface area contributed by atoms with Crippen LogP contribution in [-0.2, 0) is 0 Å². The van der Waals surface area contributed by atoms with Crippen molar-refractivity contribution in [2.75, 3.05) is 0 Å². The number of fused-ring (bicyclic) bond motifs is 1. The quantitative estimate of drug-likeness (QED) is 0.744. The van der Waals surface area contributed by atoms with Gasteiger partial charge in [0.1, 0.15) is 11.5 Å². The Bertz CT molecular complexity index is 732. The molecular weight excluding hydrogens is 248 g/mol. The summed E-state index contributed by atoms with van der Waals surface area (Å²) < 4.78 is 5.92. The zero-order valence-electron chi connectivity index (χ0n) is 11.3. The molecule has 3 aromatic rings. The smallest absolute Gasteiger partial charge is 0.133 e. The van der Waals surface area contributed by atoms with Gasteiger partial charge in [0.15, 0.2) is 0 Å². The van der Waals surface area contributed by atoms with Crippen LogP contribution >= 0.6 is 0 Å². The Labute approximate surface area is 118 Å². The van der Waals surface area contributed by atoms with Gasteiger partial charge in [0.05, 0.1) is 6.10 Å². The second-order valence-electron chi connectivity index (χ2n) is 4.82. The summed E-state index contributed by atoms with van der Waals surface area (Å²) in [6, 6.07) is 21.7. The van der Waals surface area contributed by atoms with Crippen LogP contribution in [0.2, 0.25) is 0 Å². The predicted octanol–water partition coefficient (Wildman–Crippen LogP) is 4.69. The first-order valence-corrected chi connectivity index (χ1v) is 6.68. The van der Waals surface area contributed by atoms with Gasteiger partial charge in [0, 0.05) is 5.56 Å². The largest absolute Gasteiger partial charge is 0.457 e. The van der Waals surface area contributed by atoms with Gasteiger partial charge in [-0.15, -0.1) is 0 Å². The van der Waals surface area contributed by atoms with E-state index in [4.69, 9.17) is 4.74 Å². The molecule has 0 saturated heterocycles. The molecule has 1 atom stereocenters. The van der Waals surface area contributed by atoms with Crippen LogP contribution in [0.4, 0.5) is 0 Å². The van der Waals surface area contributed by atoms with Crippen LogP contribution in [0.25, 0.3) is 10.8 Å². The standard InChI is InChI=1S/C18H16O2/c1-13(19)17-8-4-5-9-18(17)20-16-11-10-14-6-2-3-7-15(14)12-16/h2-13,19H,1H3/t13-/m1/s1. The summed E-state index contributed by atoms with van der Waals surface area (Å²) >= 11 is 0. The van der Waals surface area contributed by atoms with Crippen LogP contribution in [0.1, 0.15) is 18.6 Å². The molecule has 0 amide bonds. The maximum absolute atomic E-state index is 9.77. The molecule has 0 saturated carbocycles. The van der Waals surface area contributed by atoms with Gasteiger partial charge in [-0.2, -0.15) is 0 Å². The molecule has 0 bridgehead atoms. The van der Waals surface area contributed by atoms with Crippen LogP contribution < -0.4 is 4.74 Å². The fraction of sp³-hybridized carbons (Fsp3) is 0.111. The lowest BCUT2D eigenvalue weighted by molar-refractivity contribution is 0.195. The van der Waals surface area contributed by atoms with Gasteiger partial charge in [-0.25, -0.2) is 0 Å². The molecule has 0 spiro atoms. The Hall–Kier alpha value is -2.32. The van der Waals surface area contributed by atoms with Crippen molar-refractivity contribution in [3.05, 3.63) is 72.3 Å². The highest BCUT2D eigenvalue weighted by atomic mass is 16.5. The Kier molecular flexibility index (Phi) is 3.40. The summed E-state index contributed by atoms with van der Waals surface area (Å²) in [6.45, 7) is 1.74. The molecule has 0 unspecified atom stereocenters. The number of hydrogen-bond acceptors (Lipinski definition) is 2. The molecule has 2 heteroatoms. The Morgan fingerprint density at radius 1 is 0.850 bits per heavy atom. The summed E-state index contributed by atoms with van der Waals surface area (Å²) in [5, 5.41) is 12.1. The molecule has 3 aromatic carbocycles. The lowest BCUT2D eigenvalue weighted by atomic mass is 10.1. The minimum atomic E-state index is -0.549. The van der Waals surface area contributed by atoms with E-state index < -0.39 is 6.10 Å². The second-order valence-corrected chi connectivity index (χ2v) is 4.82. The summed E-state index contributed by atoms with van der Waals surface area (Å²) in [5.41, 5.74) is 0.792. The maximum atomic E-state index is 9.77. The van der Waals surface area contributed by atoms with Crippen LogP contribution in [0.15, 0.2) is 66.7 Å². The number of benzene rings is 3. The molecule has 0 aliphatic heterocycles. The second kappa shape index (κ2) is 5.35. The van der Waals surface area contributed by atoms with E-state index in [0.717, 1.165) is 16.7 Å². The Balaban J connectivity index is 1.97. The molecule has 0 aliphatic carbocycles. The number of ether oxygens (including phenoxy) is 1. The van der Waals surface area contributed by atoms with Gasteiger partial charge in [0.2, 0.25) is 0 Å². The normalized spacial score (nSPS) is 12.3. The average Bonchev–Trinajstić information content (AvgIpc) is 2.47. The number of para-hydroxylation sites is 1. The van der Waals surface area contributed by atoms with Gasteiger partial charge >= 0.3 is 0 Å². The zero-order chi connectivity index (χ0) is 13.9. The van der Waals surface area contributed by atoms with E-state index in [9.17, 15) is 5.11 Å².